The number of hydrogen-bond donors (Lipinski definition) is 2. The van der Waals surface area contributed by atoms with Gasteiger partial charge in [-0.1, -0.05) is 30.3 Å². The highest BCUT2D eigenvalue weighted by atomic mass is 16.1. The lowest BCUT2D eigenvalue weighted by molar-refractivity contribution is 0.0945. The van der Waals surface area contributed by atoms with Gasteiger partial charge in [-0.3, -0.25) is 4.79 Å². The lowest BCUT2D eigenvalue weighted by Crippen LogP contribution is -2.24. The van der Waals surface area contributed by atoms with Crippen LogP contribution in [-0.2, 0) is 6.54 Å². The Morgan fingerprint density at radius 3 is 2.90 bits per heavy atom. The summed E-state index contributed by atoms with van der Waals surface area (Å²) in [7, 11) is 0. The Labute approximate surface area is 124 Å². The van der Waals surface area contributed by atoms with E-state index in [1.807, 2.05) is 31.2 Å². The zero-order valence-corrected chi connectivity index (χ0v) is 12.0. The maximum absolute atomic E-state index is 12.1. The summed E-state index contributed by atoms with van der Waals surface area (Å²) in [4.78, 5) is 20.1. The standard InChI is InChI=1S/C16H18N4O/c1-3-8-17-15-9-14(19-11-20-15)16(21)18-10-13-7-5-4-6-12(13)2/h3-7,9,11H,1,8,10H2,2H3,(H,18,21)(H,17,19,20). The molecule has 0 aliphatic carbocycles. The second kappa shape index (κ2) is 7.19. The van der Waals surface area contributed by atoms with Crippen molar-refractivity contribution in [3.63, 3.8) is 0 Å². The summed E-state index contributed by atoms with van der Waals surface area (Å²) in [5, 5.41) is 5.89. The summed E-state index contributed by atoms with van der Waals surface area (Å²) in [5.41, 5.74) is 2.57. The molecule has 0 saturated heterocycles. The molecule has 0 saturated carbocycles. The second-order valence-corrected chi connectivity index (χ2v) is 4.57. The van der Waals surface area contributed by atoms with Crippen molar-refractivity contribution in [1.29, 1.82) is 0 Å². The van der Waals surface area contributed by atoms with Crippen LogP contribution < -0.4 is 10.6 Å². The van der Waals surface area contributed by atoms with E-state index in [0.717, 1.165) is 11.1 Å². The molecule has 5 nitrogen and oxygen atoms in total. The van der Waals surface area contributed by atoms with Crippen LogP contribution in [-0.4, -0.2) is 22.4 Å². The Balaban J connectivity index is 2.00. The molecule has 2 aromatic rings. The van der Waals surface area contributed by atoms with Gasteiger partial charge in [0.15, 0.2) is 0 Å². The number of carbonyl (C=O) groups is 1. The van der Waals surface area contributed by atoms with Gasteiger partial charge in [-0.15, -0.1) is 6.58 Å². The molecule has 1 amide bonds. The van der Waals surface area contributed by atoms with Gasteiger partial charge in [-0.2, -0.15) is 0 Å². The summed E-state index contributed by atoms with van der Waals surface area (Å²) in [6, 6.07) is 9.56. The van der Waals surface area contributed by atoms with Crippen LogP contribution >= 0.6 is 0 Å². The van der Waals surface area contributed by atoms with E-state index in [9.17, 15) is 4.79 Å². The fourth-order valence-electron chi connectivity index (χ4n) is 1.83. The molecule has 0 fully saturated rings. The van der Waals surface area contributed by atoms with Gasteiger partial charge in [0.25, 0.3) is 5.91 Å². The number of nitrogens with one attached hydrogen (secondary N) is 2. The predicted octanol–water partition coefficient (Wildman–Crippen LogP) is 2.31. The number of aromatic nitrogens is 2. The maximum Gasteiger partial charge on any atom is 0.270 e. The van der Waals surface area contributed by atoms with Gasteiger partial charge in [-0.05, 0) is 18.1 Å². The number of rotatable bonds is 6. The molecule has 1 aromatic carbocycles. The summed E-state index contributed by atoms with van der Waals surface area (Å²) < 4.78 is 0. The van der Waals surface area contributed by atoms with Crippen molar-refractivity contribution < 1.29 is 4.79 Å². The minimum atomic E-state index is -0.220. The van der Waals surface area contributed by atoms with Crippen LogP contribution in [0.3, 0.4) is 0 Å². The summed E-state index contributed by atoms with van der Waals surface area (Å²) >= 11 is 0. The third kappa shape index (κ3) is 4.14. The lowest BCUT2D eigenvalue weighted by atomic mass is 10.1. The molecule has 1 aromatic heterocycles. The number of benzene rings is 1. The van der Waals surface area contributed by atoms with E-state index in [0.29, 0.717) is 24.6 Å². The van der Waals surface area contributed by atoms with Crippen LogP contribution in [0.25, 0.3) is 0 Å². The molecular formula is C16H18N4O. The topological polar surface area (TPSA) is 66.9 Å². The molecule has 0 bridgehead atoms. The molecular weight excluding hydrogens is 264 g/mol. The van der Waals surface area contributed by atoms with Crippen molar-refractivity contribution in [2.24, 2.45) is 0 Å². The van der Waals surface area contributed by atoms with E-state index < -0.39 is 0 Å². The molecule has 5 heteroatoms. The Kier molecular flexibility index (Phi) is 5.04. The van der Waals surface area contributed by atoms with Gasteiger partial charge in [-0.25, -0.2) is 9.97 Å². The van der Waals surface area contributed by atoms with Crippen LogP contribution in [0.4, 0.5) is 5.82 Å². The molecule has 0 aliphatic rings. The van der Waals surface area contributed by atoms with E-state index in [1.165, 1.54) is 6.33 Å². The highest BCUT2D eigenvalue weighted by molar-refractivity contribution is 5.92. The molecule has 21 heavy (non-hydrogen) atoms. The largest absolute Gasteiger partial charge is 0.366 e. The molecule has 0 spiro atoms. The van der Waals surface area contributed by atoms with Crippen molar-refractivity contribution in [2.45, 2.75) is 13.5 Å². The van der Waals surface area contributed by atoms with Crippen LogP contribution in [0.5, 0.6) is 0 Å². The summed E-state index contributed by atoms with van der Waals surface area (Å²) in [6.45, 7) is 6.70. The van der Waals surface area contributed by atoms with Gasteiger partial charge in [0.2, 0.25) is 0 Å². The third-order valence-electron chi connectivity index (χ3n) is 3.03. The third-order valence-corrected chi connectivity index (χ3v) is 3.03. The first-order valence-corrected chi connectivity index (χ1v) is 6.70. The number of anilines is 1. The summed E-state index contributed by atoms with van der Waals surface area (Å²) in [6.07, 6.45) is 3.09. The minimum absolute atomic E-state index is 0.220. The van der Waals surface area contributed by atoms with E-state index in [4.69, 9.17) is 0 Å². The fraction of sp³-hybridized carbons (Fsp3) is 0.188. The zero-order chi connectivity index (χ0) is 15.1. The first-order valence-electron chi connectivity index (χ1n) is 6.70. The molecule has 1 heterocycles. The average Bonchev–Trinajstić information content (AvgIpc) is 2.52. The van der Waals surface area contributed by atoms with Crippen LogP contribution in [0.2, 0.25) is 0 Å². The van der Waals surface area contributed by atoms with E-state index in [2.05, 4.69) is 27.2 Å². The normalized spacial score (nSPS) is 9.95. The van der Waals surface area contributed by atoms with Crippen molar-refractivity contribution in [3.8, 4) is 0 Å². The van der Waals surface area contributed by atoms with E-state index in [1.54, 1.807) is 12.1 Å². The highest BCUT2D eigenvalue weighted by Gasteiger charge is 2.08. The van der Waals surface area contributed by atoms with Crippen molar-refractivity contribution >= 4 is 11.7 Å². The number of hydrogen-bond acceptors (Lipinski definition) is 4. The van der Waals surface area contributed by atoms with Crippen LogP contribution in [0.15, 0.2) is 49.3 Å². The van der Waals surface area contributed by atoms with Crippen LogP contribution in [0.1, 0.15) is 21.6 Å². The summed E-state index contributed by atoms with van der Waals surface area (Å²) in [5.74, 6) is 0.383. The molecule has 2 N–H and O–H groups in total. The van der Waals surface area contributed by atoms with Gasteiger partial charge < -0.3 is 10.6 Å². The predicted molar refractivity (Wildman–Crippen MR) is 83.1 cm³/mol. The van der Waals surface area contributed by atoms with Crippen molar-refractivity contribution in [3.05, 3.63) is 66.1 Å². The Hall–Kier alpha value is -2.69. The fourth-order valence-corrected chi connectivity index (χ4v) is 1.83. The van der Waals surface area contributed by atoms with Gasteiger partial charge >= 0.3 is 0 Å². The average molecular weight is 282 g/mol. The number of aryl methyl sites for hydroxylation is 1. The number of nitrogens with zero attached hydrogens (tertiary/aromatic N) is 2. The van der Waals surface area contributed by atoms with E-state index in [-0.39, 0.29) is 5.91 Å². The first-order chi connectivity index (χ1) is 10.2. The quantitative estimate of drug-likeness (QED) is 0.798. The molecule has 0 unspecified atom stereocenters. The maximum atomic E-state index is 12.1. The molecule has 0 atom stereocenters. The molecule has 108 valence electrons. The SMILES string of the molecule is C=CCNc1cc(C(=O)NCc2ccccc2C)ncn1. The number of amides is 1. The lowest BCUT2D eigenvalue weighted by Gasteiger charge is -2.08. The Morgan fingerprint density at radius 1 is 1.33 bits per heavy atom. The Morgan fingerprint density at radius 2 is 2.14 bits per heavy atom. The molecule has 0 radical (unpaired) electrons. The van der Waals surface area contributed by atoms with E-state index >= 15 is 0 Å². The molecule has 0 aliphatic heterocycles. The number of carbonyl (C=O) groups excluding carboxylic acids is 1. The highest BCUT2D eigenvalue weighted by Crippen LogP contribution is 2.07. The molecule has 2 rings (SSSR count). The first kappa shape index (κ1) is 14.7. The van der Waals surface area contributed by atoms with Gasteiger partial charge in [0.05, 0.1) is 0 Å². The van der Waals surface area contributed by atoms with Crippen molar-refractivity contribution in [1.82, 2.24) is 15.3 Å². The van der Waals surface area contributed by atoms with Gasteiger partial charge in [0.1, 0.15) is 17.8 Å². The second-order valence-electron chi connectivity index (χ2n) is 4.57. The Bertz CT molecular complexity index is 640. The minimum Gasteiger partial charge on any atom is -0.366 e. The smallest absolute Gasteiger partial charge is 0.270 e. The van der Waals surface area contributed by atoms with Gasteiger partial charge in [0, 0.05) is 19.2 Å². The zero-order valence-electron chi connectivity index (χ0n) is 12.0. The van der Waals surface area contributed by atoms with Crippen LogP contribution in [0, 0.1) is 6.92 Å². The van der Waals surface area contributed by atoms with Crippen molar-refractivity contribution in [2.75, 3.05) is 11.9 Å². The monoisotopic (exact) mass is 282 g/mol.